The molecule has 0 spiro atoms. The molecule has 9 heteroatoms. The summed E-state index contributed by atoms with van der Waals surface area (Å²) in [6.45, 7) is 6.45. The van der Waals surface area contributed by atoms with Crippen molar-refractivity contribution in [1.29, 1.82) is 0 Å². The van der Waals surface area contributed by atoms with Crippen LogP contribution in [0.3, 0.4) is 0 Å². The maximum atomic E-state index is 12.8. The van der Waals surface area contributed by atoms with E-state index in [0.29, 0.717) is 11.5 Å². The van der Waals surface area contributed by atoms with Crippen molar-refractivity contribution in [3.05, 3.63) is 60.7 Å². The molecule has 0 N–H and O–H groups in total. The third-order valence-electron chi connectivity index (χ3n) is 4.27. The maximum absolute atomic E-state index is 12.8. The van der Waals surface area contributed by atoms with E-state index in [1.165, 1.54) is 0 Å². The van der Waals surface area contributed by atoms with Gasteiger partial charge in [0.15, 0.2) is 9.84 Å². The van der Waals surface area contributed by atoms with Crippen molar-refractivity contribution in [3.63, 3.8) is 0 Å². The van der Waals surface area contributed by atoms with Crippen molar-refractivity contribution in [3.8, 4) is 11.5 Å². The fraction of sp³-hybridized carbons (Fsp3) is 0.417. The molecule has 2 rings (SSSR count). The number of rotatable bonds is 10. The predicted octanol–water partition coefficient (Wildman–Crippen LogP) is 4.88. The van der Waals surface area contributed by atoms with Gasteiger partial charge in [0.05, 0.1) is 11.5 Å². The van der Waals surface area contributed by atoms with Gasteiger partial charge in [0.25, 0.3) is 0 Å². The van der Waals surface area contributed by atoms with E-state index < -0.39 is 33.0 Å². The Hall–Kier alpha value is -3.07. The molecular formula is C24H30O8S. The summed E-state index contributed by atoms with van der Waals surface area (Å²) in [5.74, 6) is 0.216. The number of carbonyl (C=O) groups excluding carboxylic acids is 2. The molecule has 0 aliphatic rings. The number of hydrogen-bond acceptors (Lipinski definition) is 8. The van der Waals surface area contributed by atoms with E-state index in [2.05, 4.69) is 0 Å². The number of sulfone groups is 1. The Morgan fingerprint density at radius 1 is 0.667 bits per heavy atom. The van der Waals surface area contributed by atoms with Crippen molar-refractivity contribution < 1.29 is 37.0 Å². The fourth-order valence-electron chi connectivity index (χ4n) is 3.06. The molecule has 0 heterocycles. The average Bonchev–Trinajstić information content (AvgIpc) is 2.71. The summed E-state index contributed by atoms with van der Waals surface area (Å²) in [6, 6.07) is 16.9. The summed E-state index contributed by atoms with van der Waals surface area (Å²) in [7, 11) is -3.57. The van der Waals surface area contributed by atoms with Gasteiger partial charge >= 0.3 is 12.3 Å². The van der Waals surface area contributed by atoms with E-state index >= 15 is 0 Å². The van der Waals surface area contributed by atoms with Gasteiger partial charge in [-0.25, -0.2) is 18.0 Å². The minimum atomic E-state index is -3.57. The van der Waals surface area contributed by atoms with E-state index in [0.717, 1.165) is 0 Å². The van der Waals surface area contributed by atoms with E-state index in [4.69, 9.17) is 18.9 Å². The quantitative estimate of drug-likeness (QED) is 0.351. The molecule has 0 amide bonds. The van der Waals surface area contributed by atoms with Gasteiger partial charge in [0, 0.05) is 10.8 Å². The lowest BCUT2D eigenvalue weighted by Crippen LogP contribution is -2.37. The molecule has 0 atom stereocenters. The Balaban J connectivity index is 1.81. The Morgan fingerprint density at radius 3 is 1.33 bits per heavy atom. The van der Waals surface area contributed by atoms with Crippen LogP contribution in [-0.2, 0) is 19.3 Å². The highest BCUT2D eigenvalue weighted by Gasteiger charge is 2.34. The van der Waals surface area contributed by atoms with Gasteiger partial charge in [-0.2, -0.15) is 0 Å². The Bertz CT molecular complexity index is 937. The van der Waals surface area contributed by atoms with Crippen LogP contribution in [0.4, 0.5) is 9.59 Å². The SMILES string of the molecule is CC(C)(COC(=O)Oc1ccccc1)CS(=O)(=O)CC(C)(C)COC(=O)Oc1ccccc1. The summed E-state index contributed by atoms with van der Waals surface area (Å²) >= 11 is 0. The van der Waals surface area contributed by atoms with Gasteiger partial charge in [-0.15, -0.1) is 0 Å². The number of ether oxygens (including phenoxy) is 4. The molecule has 2 aromatic rings. The zero-order valence-electron chi connectivity index (χ0n) is 19.3. The van der Waals surface area contributed by atoms with Crippen molar-refractivity contribution >= 4 is 22.1 Å². The second-order valence-corrected chi connectivity index (χ2v) is 11.3. The van der Waals surface area contributed by atoms with Crippen molar-refractivity contribution in [2.24, 2.45) is 10.8 Å². The first kappa shape index (κ1) is 26.2. The Kier molecular flexibility index (Phi) is 8.87. The standard InChI is InChI=1S/C24H30O8S/c1-23(2,15-29-21(25)31-19-11-7-5-8-12-19)17-33(27,28)18-24(3,4)16-30-22(26)32-20-13-9-6-10-14-20/h5-14H,15-18H2,1-4H3. The number of benzene rings is 2. The molecule has 180 valence electrons. The summed E-state index contributed by atoms with van der Waals surface area (Å²) in [6.07, 6.45) is -1.81. The fourth-order valence-corrected chi connectivity index (χ4v) is 5.71. The van der Waals surface area contributed by atoms with Crippen molar-refractivity contribution in [1.82, 2.24) is 0 Å². The van der Waals surface area contributed by atoms with Gasteiger partial charge in [0.2, 0.25) is 0 Å². The van der Waals surface area contributed by atoms with Crippen LogP contribution in [-0.4, -0.2) is 45.4 Å². The lowest BCUT2D eigenvalue weighted by Gasteiger charge is -2.28. The minimum absolute atomic E-state index is 0.141. The molecule has 0 saturated heterocycles. The zero-order valence-corrected chi connectivity index (χ0v) is 20.1. The van der Waals surface area contributed by atoms with Gasteiger partial charge < -0.3 is 18.9 Å². The normalized spacial score (nSPS) is 12.0. The molecule has 0 aromatic heterocycles. The van der Waals surface area contributed by atoms with Crippen LogP contribution in [0.25, 0.3) is 0 Å². The molecule has 0 saturated carbocycles. The smallest absolute Gasteiger partial charge is 0.433 e. The second kappa shape index (κ2) is 11.2. The maximum Gasteiger partial charge on any atom is 0.513 e. The van der Waals surface area contributed by atoms with Crippen LogP contribution in [0.1, 0.15) is 27.7 Å². The lowest BCUT2D eigenvalue weighted by atomic mass is 9.98. The zero-order chi connectivity index (χ0) is 24.5. The van der Waals surface area contributed by atoms with Crippen LogP contribution in [0.5, 0.6) is 11.5 Å². The molecular weight excluding hydrogens is 448 g/mol. The molecule has 0 fully saturated rings. The molecule has 2 aromatic carbocycles. The Labute approximate surface area is 194 Å². The third-order valence-corrected chi connectivity index (χ3v) is 6.71. The van der Waals surface area contributed by atoms with Gasteiger partial charge in [-0.3, -0.25) is 0 Å². The van der Waals surface area contributed by atoms with E-state index in [1.807, 2.05) is 0 Å². The molecule has 0 aliphatic heterocycles. The number of carbonyl (C=O) groups is 2. The molecule has 33 heavy (non-hydrogen) atoms. The van der Waals surface area contributed by atoms with Crippen LogP contribution in [0.15, 0.2) is 60.7 Å². The molecule has 0 radical (unpaired) electrons. The van der Waals surface area contributed by atoms with Gasteiger partial charge in [0.1, 0.15) is 24.7 Å². The first-order chi connectivity index (χ1) is 15.4. The summed E-state index contributed by atoms with van der Waals surface area (Å²) in [4.78, 5) is 23.8. The van der Waals surface area contributed by atoms with Crippen LogP contribution in [0, 0.1) is 10.8 Å². The first-order valence-corrected chi connectivity index (χ1v) is 12.2. The monoisotopic (exact) mass is 478 g/mol. The van der Waals surface area contributed by atoms with E-state index in [1.54, 1.807) is 88.4 Å². The molecule has 0 aliphatic carbocycles. The number of hydrogen-bond donors (Lipinski definition) is 0. The van der Waals surface area contributed by atoms with Crippen LogP contribution >= 0.6 is 0 Å². The summed E-state index contributed by atoms with van der Waals surface area (Å²) < 4.78 is 45.9. The van der Waals surface area contributed by atoms with Crippen LogP contribution in [0.2, 0.25) is 0 Å². The highest BCUT2D eigenvalue weighted by atomic mass is 32.2. The largest absolute Gasteiger partial charge is 0.513 e. The van der Waals surface area contributed by atoms with Crippen molar-refractivity contribution in [2.75, 3.05) is 24.7 Å². The third kappa shape index (κ3) is 10.4. The van der Waals surface area contributed by atoms with Crippen LogP contribution < -0.4 is 9.47 Å². The van der Waals surface area contributed by atoms with Crippen molar-refractivity contribution in [2.45, 2.75) is 27.7 Å². The first-order valence-electron chi connectivity index (χ1n) is 10.4. The van der Waals surface area contributed by atoms with E-state index in [-0.39, 0.29) is 24.7 Å². The number of para-hydroxylation sites is 2. The highest BCUT2D eigenvalue weighted by molar-refractivity contribution is 7.91. The Morgan fingerprint density at radius 2 is 1.00 bits per heavy atom. The van der Waals surface area contributed by atoms with E-state index in [9.17, 15) is 18.0 Å². The molecule has 0 bridgehead atoms. The lowest BCUT2D eigenvalue weighted by molar-refractivity contribution is 0.0678. The topological polar surface area (TPSA) is 105 Å². The summed E-state index contributed by atoms with van der Waals surface area (Å²) in [5.41, 5.74) is -1.70. The van der Waals surface area contributed by atoms with Gasteiger partial charge in [-0.1, -0.05) is 64.1 Å². The minimum Gasteiger partial charge on any atom is -0.433 e. The second-order valence-electron chi connectivity index (χ2n) is 9.27. The highest BCUT2D eigenvalue weighted by Crippen LogP contribution is 2.25. The average molecular weight is 479 g/mol. The molecule has 0 unspecified atom stereocenters. The van der Waals surface area contributed by atoms with Gasteiger partial charge in [-0.05, 0) is 24.3 Å². The summed E-state index contributed by atoms with van der Waals surface area (Å²) in [5, 5.41) is 0. The predicted molar refractivity (Wildman–Crippen MR) is 123 cm³/mol. The molecule has 8 nitrogen and oxygen atoms in total.